The molecule has 0 aliphatic heterocycles. The van der Waals surface area contributed by atoms with Crippen molar-refractivity contribution in [2.45, 2.75) is 98.1 Å². The highest BCUT2D eigenvalue weighted by Gasteiger charge is 2.47. The van der Waals surface area contributed by atoms with E-state index in [4.69, 9.17) is 0 Å². The largest absolute Gasteiger partial charge is 0.320 e. The first-order valence-corrected chi connectivity index (χ1v) is 8.32. The summed E-state index contributed by atoms with van der Waals surface area (Å²) in [6.07, 6.45) is 8.11. The summed E-state index contributed by atoms with van der Waals surface area (Å²) in [5.41, 5.74) is 0.689. The molecule has 0 saturated heterocycles. The standard InChI is InChI=1S/C18H40N/c1-10-11-12-13-14-17(4,5)19(8,9)18(6,7)15-16(2)3/h16H,10-15H2,1-9H3/q+1. The van der Waals surface area contributed by atoms with Crippen LogP contribution in [0, 0.1) is 5.92 Å². The summed E-state index contributed by atoms with van der Waals surface area (Å²) >= 11 is 0. The Hall–Kier alpha value is -0.0400. The van der Waals surface area contributed by atoms with E-state index in [9.17, 15) is 0 Å². The van der Waals surface area contributed by atoms with E-state index in [-0.39, 0.29) is 0 Å². The fraction of sp³-hybridized carbons (Fsp3) is 1.00. The molecule has 0 aromatic rings. The molecule has 116 valence electrons. The maximum Gasteiger partial charge on any atom is 0.0937 e. The Morgan fingerprint density at radius 1 is 0.842 bits per heavy atom. The molecule has 0 amide bonds. The molecule has 0 saturated carbocycles. The van der Waals surface area contributed by atoms with Gasteiger partial charge in [0.2, 0.25) is 0 Å². The minimum absolute atomic E-state index is 0.336. The minimum atomic E-state index is 0.336. The highest BCUT2D eigenvalue weighted by Crippen LogP contribution is 2.38. The van der Waals surface area contributed by atoms with Crippen molar-refractivity contribution in [1.82, 2.24) is 0 Å². The molecule has 1 nitrogen and oxygen atoms in total. The zero-order valence-electron chi connectivity index (χ0n) is 15.3. The first kappa shape index (κ1) is 19.0. The molecule has 0 aromatic carbocycles. The van der Waals surface area contributed by atoms with Gasteiger partial charge in [0.05, 0.1) is 25.2 Å². The van der Waals surface area contributed by atoms with Gasteiger partial charge in [0.15, 0.2) is 0 Å². The highest BCUT2D eigenvalue weighted by atomic mass is 15.4. The van der Waals surface area contributed by atoms with E-state index in [0.717, 1.165) is 10.4 Å². The molecule has 0 radical (unpaired) electrons. The Labute approximate surface area is 123 Å². The molecule has 0 atom stereocenters. The molecule has 0 rings (SSSR count). The van der Waals surface area contributed by atoms with Crippen LogP contribution in [0.15, 0.2) is 0 Å². The second-order valence-electron chi connectivity index (χ2n) is 8.49. The fourth-order valence-corrected chi connectivity index (χ4v) is 3.31. The molecule has 0 bridgehead atoms. The van der Waals surface area contributed by atoms with Crippen LogP contribution in [0.4, 0.5) is 0 Å². The average molecular weight is 271 g/mol. The van der Waals surface area contributed by atoms with Crippen molar-refractivity contribution in [3.05, 3.63) is 0 Å². The highest BCUT2D eigenvalue weighted by molar-refractivity contribution is 4.79. The average Bonchev–Trinajstić information content (AvgIpc) is 2.22. The van der Waals surface area contributed by atoms with E-state index in [1.807, 2.05) is 0 Å². The third-order valence-corrected chi connectivity index (χ3v) is 5.58. The SMILES string of the molecule is CCCCCCC(C)(C)[N+](C)(C)C(C)(C)CC(C)C. The van der Waals surface area contributed by atoms with Crippen molar-refractivity contribution in [1.29, 1.82) is 0 Å². The molecule has 0 aliphatic carbocycles. The first-order chi connectivity index (χ1) is 8.48. The Bertz CT molecular complexity index is 248. The molecule has 0 spiro atoms. The number of rotatable bonds is 9. The monoisotopic (exact) mass is 270 g/mol. The third kappa shape index (κ3) is 5.10. The molecule has 0 heterocycles. The van der Waals surface area contributed by atoms with Gasteiger partial charge in [-0.15, -0.1) is 0 Å². The Balaban J connectivity index is 4.74. The number of hydrogen-bond donors (Lipinski definition) is 0. The van der Waals surface area contributed by atoms with Crippen LogP contribution < -0.4 is 0 Å². The zero-order chi connectivity index (χ0) is 15.3. The van der Waals surface area contributed by atoms with Crippen molar-refractivity contribution in [3.63, 3.8) is 0 Å². The molecule has 19 heavy (non-hydrogen) atoms. The molecule has 0 unspecified atom stereocenters. The maximum atomic E-state index is 2.46. The lowest BCUT2D eigenvalue weighted by Gasteiger charge is -2.55. The second kappa shape index (κ2) is 7.11. The minimum Gasteiger partial charge on any atom is -0.320 e. The van der Waals surface area contributed by atoms with Gasteiger partial charge < -0.3 is 4.48 Å². The predicted octanol–water partition coefficient (Wildman–Crippen LogP) is 5.64. The third-order valence-electron chi connectivity index (χ3n) is 5.58. The zero-order valence-corrected chi connectivity index (χ0v) is 15.3. The van der Waals surface area contributed by atoms with Crippen molar-refractivity contribution in [2.75, 3.05) is 14.1 Å². The van der Waals surface area contributed by atoms with Crippen LogP contribution in [0.5, 0.6) is 0 Å². The number of hydrogen-bond acceptors (Lipinski definition) is 0. The lowest BCUT2D eigenvalue weighted by molar-refractivity contribution is -0.982. The number of unbranched alkanes of at least 4 members (excludes halogenated alkanes) is 3. The van der Waals surface area contributed by atoms with Crippen LogP contribution in [0.25, 0.3) is 0 Å². The summed E-state index contributed by atoms with van der Waals surface area (Å²) in [7, 11) is 4.87. The van der Waals surface area contributed by atoms with Gasteiger partial charge >= 0.3 is 0 Å². The van der Waals surface area contributed by atoms with Crippen LogP contribution in [0.1, 0.15) is 87.0 Å². The van der Waals surface area contributed by atoms with Crippen molar-refractivity contribution in [2.24, 2.45) is 5.92 Å². The molecule has 0 aromatic heterocycles. The second-order valence-corrected chi connectivity index (χ2v) is 8.49. The van der Waals surface area contributed by atoms with Gasteiger partial charge in [-0.1, -0.05) is 40.0 Å². The predicted molar refractivity (Wildman–Crippen MR) is 88.5 cm³/mol. The van der Waals surface area contributed by atoms with Gasteiger partial charge in [0.1, 0.15) is 0 Å². The van der Waals surface area contributed by atoms with Gasteiger partial charge in [0.25, 0.3) is 0 Å². The fourth-order valence-electron chi connectivity index (χ4n) is 3.31. The van der Waals surface area contributed by atoms with Crippen LogP contribution in [-0.4, -0.2) is 29.7 Å². The van der Waals surface area contributed by atoms with Crippen LogP contribution in [0.2, 0.25) is 0 Å². The Morgan fingerprint density at radius 3 is 1.79 bits per heavy atom. The summed E-state index contributed by atoms with van der Waals surface area (Å²) in [6.45, 7) is 16.8. The normalized spacial score (nSPS) is 14.2. The maximum absolute atomic E-state index is 2.46. The molecule has 1 heteroatoms. The number of nitrogens with zero attached hydrogens (tertiary/aromatic N) is 1. The topological polar surface area (TPSA) is 0 Å². The van der Waals surface area contributed by atoms with E-state index in [1.54, 1.807) is 0 Å². The van der Waals surface area contributed by atoms with Gasteiger partial charge in [-0.25, -0.2) is 0 Å². The van der Waals surface area contributed by atoms with E-state index in [1.165, 1.54) is 38.5 Å². The van der Waals surface area contributed by atoms with E-state index in [2.05, 4.69) is 62.6 Å². The number of quaternary nitrogens is 1. The van der Waals surface area contributed by atoms with Crippen molar-refractivity contribution >= 4 is 0 Å². The summed E-state index contributed by atoms with van der Waals surface area (Å²) < 4.78 is 1.12. The van der Waals surface area contributed by atoms with E-state index < -0.39 is 0 Å². The molecule has 0 fully saturated rings. The van der Waals surface area contributed by atoms with Gasteiger partial charge in [0, 0.05) is 12.8 Å². The van der Waals surface area contributed by atoms with Crippen molar-refractivity contribution < 1.29 is 4.48 Å². The van der Waals surface area contributed by atoms with Crippen LogP contribution >= 0.6 is 0 Å². The summed E-state index contributed by atoms with van der Waals surface area (Å²) in [5, 5.41) is 0. The molecular formula is C18H40N+. The van der Waals surface area contributed by atoms with Gasteiger partial charge in [-0.3, -0.25) is 0 Å². The molecule has 0 aliphatic rings. The smallest absolute Gasteiger partial charge is 0.0937 e. The van der Waals surface area contributed by atoms with E-state index >= 15 is 0 Å². The van der Waals surface area contributed by atoms with Crippen molar-refractivity contribution in [3.8, 4) is 0 Å². The summed E-state index contributed by atoms with van der Waals surface area (Å²) in [5.74, 6) is 0.767. The summed E-state index contributed by atoms with van der Waals surface area (Å²) in [4.78, 5) is 0. The molecular weight excluding hydrogens is 230 g/mol. The van der Waals surface area contributed by atoms with Gasteiger partial charge in [-0.2, -0.15) is 0 Å². The van der Waals surface area contributed by atoms with Crippen LogP contribution in [0.3, 0.4) is 0 Å². The quantitative estimate of drug-likeness (QED) is 0.376. The van der Waals surface area contributed by atoms with E-state index in [0.29, 0.717) is 11.1 Å². The first-order valence-electron chi connectivity index (χ1n) is 8.32. The Kier molecular flexibility index (Phi) is 7.09. The summed E-state index contributed by atoms with van der Waals surface area (Å²) in [6, 6.07) is 0. The molecule has 0 N–H and O–H groups in total. The lowest BCUT2D eigenvalue weighted by Crippen LogP contribution is -2.66. The van der Waals surface area contributed by atoms with Gasteiger partial charge in [-0.05, 0) is 40.0 Å². The Morgan fingerprint density at radius 2 is 1.37 bits per heavy atom. The lowest BCUT2D eigenvalue weighted by atomic mass is 9.82. The van der Waals surface area contributed by atoms with Crippen LogP contribution in [-0.2, 0) is 0 Å².